The van der Waals surface area contributed by atoms with Gasteiger partial charge in [-0.2, -0.15) is 17.6 Å². The van der Waals surface area contributed by atoms with E-state index in [0.717, 1.165) is 18.2 Å². The van der Waals surface area contributed by atoms with Gasteiger partial charge in [-0.3, -0.25) is 4.79 Å². The number of azo groups is 2. The van der Waals surface area contributed by atoms with Crippen LogP contribution in [0.15, 0.2) is 53.4 Å². The van der Waals surface area contributed by atoms with Gasteiger partial charge in [0.1, 0.15) is 5.70 Å². The number of alkyl halides is 4. The maximum absolute atomic E-state index is 13.9. The maximum atomic E-state index is 13.9. The number of carbonyl (C=O) groups is 1. The van der Waals surface area contributed by atoms with Crippen molar-refractivity contribution in [3.05, 3.63) is 60.4 Å². The summed E-state index contributed by atoms with van der Waals surface area (Å²) in [6.07, 6.45) is -4.12. The summed E-state index contributed by atoms with van der Waals surface area (Å²) >= 11 is 0. The fraction of sp³-hybridized carbons (Fsp3) is 0.368. The third kappa shape index (κ3) is 4.07. The van der Waals surface area contributed by atoms with Crippen LogP contribution >= 0.6 is 0 Å². The van der Waals surface area contributed by atoms with Crippen molar-refractivity contribution in [2.24, 2.45) is 11.0 Å². The van der Waals surface area contributed by atoms with E-state index in [-0.39, 0.29) is 11.8 Å². The lowest BCUT2D eigenvalue weighted by Gasteiger charge is -2.33. The summed E-state index contributed by atoms with van der Waals surface area (Å²) in [6.45, 7) is 7.05. The Balaban J connectivity index is 1.89. The minimum Gasteiger partial charge on any atom is -0.352 e. The molecule has 2 aliphatic heterocycles. The van der Waals surface area contributed by atoms with Gasteiger partial charge in [0.15, 0.2) is 6.54 Å². The van der Waals surface area contributed by atoms with Crippen molar-refractivity contribution in [3.63, 3.8) is 0 Å². The van der Waals surface area contributed by atoms with E-state index in [1.165, 1.54) is 30.3 Å². The molecule has 1 amide bonds. The highest BCUT2D eigenvalue weighted by atomic mass is 19.4. The average Bonchev–Trinajstić information content (AvgIpc) is 3.09. The first-order chi connectivity index (χ1) is 13.2. The predicted molar refractivity (Wildman–Crippen MR) is 94.7 cm³/mol. The van der Waals surface area contributed by atoms with E-state index in [1.54, 1.807) is 4.90 Å². The van der Waals surface area contributed by atoms with E-state index in [4.69, 9.17) is 0 Å². The smallest absolute Gasteiger partial charge is 0.352 e. The van der Waals surface area contributed by atoms with Gasteiger partial charge in [0.25, 0.3) is 0 Å². The summed E-state index contributed by atoms with van der Waals surface area (Å²) in [6, 6.07) is 4.79. The van der Waals surface area contributed by atoms with E-state index in [1.807, 2.05) is 0 Å². The number of halogens is 4. The zero-order chi connectivity index (χ0) is 20.5. The zero-order valence-electron chi connectivity index (χ0n) is 15.2. The number of hydrogen-bond donors (Lipinski definition) is 1. The molecule has 2 heterocycles. The first-order valence-electron chi connectivity index (χ1n) is 8.76. The highest BCUT2D eigenvalue weighted by Crippen LogP contribution is 2.38. The molecular weight excluding hydrogens is 376 g/mol. The number of allylic oxidation sites excluding steroid dienone is 1. The SMILES string of the molecule is C=CC(=O)NCC1CC2=C([CH]N=[N+]2C(C)F)N(c2ccc(C(F)(F)F)cc2)C1. The second kappa shape index (κ2) is 7.73. The quantitative estimate of drug-likeness (QED) is 0.354. The minimum absolute atomic E-state index is 0.0760. The molecule has 0 bridgehead atoms. The van der Waals surface area contributed by atoms with E-state index < -0.39 is 18.0 Å². The predicted octanol–water partition coefficient (Wildman–Crippen LogP) is 4.00. The fourth-order valence-electron chi connectivity index (χ4n) is 3.33. The molecule has 3 rings (SSSR count). The van der Waals surface area contributed by atoms with Crippen molar-refractivity contribution < 1.29 is 27.1 Å². The van der Waals surface area contributed by atoms with Gasteiger partial charge < -0.3 is 10.2 Å². The molecule has 2 aliphatic rings. The van der Waals surface area contributed by atoms with Crippen LogP contribution in [-0.2, 0) is 11.0 Å². The Morgan fingerprint density at radius 1 is 1.43 bits per heavy atom. The van der Waals surface area contributed by atoms with Crippen LogP contribution < -0.4 is 10.2 Å². The first-order valence-corrected chi connectivity index (χ1v) is 8.76. The number of anilines is 1. The number of nitrogens with zero attached hydrogens (tertiary/aromatic N) is 3. The minimum atomic E-state index is -4.42. The van der Waals surface area contributed by atoms with Crippen molar-refractivity contribution in [1.29, 1.82) is 0 Å². The van der Waals surface area contributed by atoms with Crippen molar-refractivity contribution in [2.45, 2.75) is 25.8 Å². The number of rotatable bonds is 5. The monoisotopic (exact) mass is 396 g/mol. The number of nitrogens with one attached hydrogen (secondary N) is 1. The molecule has 0 fully saturated rings. The fourth-order valence-corrected chi connectivity index (χ4v) is 3.33. The summed E-state index contributed by atoms with van der Waals surface area (Å²) in [5.74, 6) is -0.396. The zero-order valence-corrected chi connectivity index (χ0v) is 15.2. The van der Waals surface area contributed by atoms with Crippen molar-refractivity contribution in [3.8, 4) is 0 Å². The lowest BCUT2D eigenvalue weighted by molar-refractivity contribution is -0.603. The van der Waals surface area contributed by atoms with Gasteiger partial charge in [-0.1, -0.05) is 11.3 Å². The van der Waals surface area contributed by atoms with E-state index in [2.05, 4.69) is 17.0 Å². The van der Waals surface area contributed by atoms with Crippen LogP contribution in [0.25, 0.3) is 0 Å². The van der Waals surface area contributed by atoms with E-state index in [0.29, 0.717) is 36.6 Å². The van der Waals surface area contributed by atoms with E-state index >= 15 is 0 Å². The van der Waals surface area contributed by atoms with E-state index in [9.17, 15) is 22.4 Å². The Morgan fingerprint density at radius 2 is 2.11 bits per heavy atom. The number of hydrogen-bond acceptors (Lipinski definition) is 3. The van der Waals surface area contributed by atoms with Gasteiger partial charge in [0, 0.05) is 38.0 Å². The molecule has 1 aromatic carbocycles. The highest BCUT2D eigenvalue weighted by molar-refractivity contribution is 5.86. The molecule has 149 valence electrons. The first kappa shape index (κ1) is 20.0. The van der Waals surface area contributed by atoms with Crippen LogP contribution in [-0.4, -0.2) is 30.0 Å². The lowest BCUT2D eigenvalue weighted by atomic mass is 9.95. The van der Waals surface area contributed by atoms with Crippen molar-refractivity contribution >= 4 is 11.6 Å². The largest absolute Gasteiger partial charge is 0.416 e. The summed E-state index contributed by atoms with van der Waals surface area (Å²) in [5.41, 5.74) is 1.09. The molecule has 1 N–H and O–H groups in total. The molecule has 1 aromatic rings. The topological polar surface area (TPSA) is 47.7 Å². The van der Waals surface area contributed by atoms with Gasteiger partial charge in [-0.05, 0) is 35.5 Å². The van der Waals surface area contributed by atoms with Crippen LogP contribution in [0.1, 0.15) is 18.9 Å². The molecule has 0 saturated carbocycles. The Hall–Kier alpha value is -2.71. The Morgan fingerprint density at radius 3 is 2.68 bits per heavy atom. The molecule has 0 saturated heterocycles. The van der Waals surface area contributed by atoms with Crippen LogP contribution in [0.4, 0.5) is 23.2 Å². The summed E-state index contributed by atoms with van der Waals surface area (Å²) in [5, 5.41) is 6.81. The standard InChI is InChI=1S/C19H19F4N4O/c1-3-18(28)24-9-13-8-16-17(10-25-27(16)12(2)20)26(11-13)15-6-4-14(5-7-15)19(21,22)23/h3-7,10,12-13H,1,8-9,11H2,2H3/p+1. The van der Waals surface area contributed by atoms with Gasteiger partial charge in [-0.15, -0.1) is 0 Å². The van der Waals surface area contributed by atoms with Crippen LogP contribution in [0.2, 0.25) is 0 Å². The molecule has 28 heavy (non-hydrogen) atoms. The Bertz CT molecular complexity index is 827. The molecular formula is C19H20F4N4O+. The summed E-state index contributed by atoms with van der Waals surface area (Å²) < 4.78 is 53.7. The third-order valence-corrected chi connectivity index (χ3v) is 4.68. The molecule has 0 aliphatic carbocycles. The Labute approximate surface area is 160 Å². The molecule has 0 spiro atoms. The van der Waals surface area contributed by atoms with Crippen LogP contribution in [0.3, 0.4) is 0 Å². The highest BCUT2D eigenvalue weighted by Gasteiger charge is 2.41. The molecule has 5 nitrogen and oxygen atoms in total. The van der Waals surface area contributed by atoms with Gasteiger partial charge in [0.2, 0.25) is 11.6 Å². The summed E-state index contributed by atoms with van der Waals surface area (Å²) in [4.78, 5) is 13.3. The molecule has 2 unspecified atom stereocenters. The lowest BCUT2D eigenvalue weighted by Crippen LogP contribution is -2.40. The number of benzene rings is 1. The van der Waals surface area contributed by atoms with Crippen molar-refractivity contribution in [2.75, 3.05) is 18.0 Å². The second-order valence-electron chi connectivity index (χ2n) is 6.67. The molecule has 0 aromatic heterocycles. The van der Waals surface area contributed by atoms with Crippen LogP contribution in [0.5, 0.6) is 0 Å². The second-order valence-corrected chi connectivity index (χ2v) is 6.67. The molecule has 1 radical (unpaired) electrons. The van der Waals surface area contributed by atoms with Gasteiger partial charge >= 0.3 is 12.5 Å². The normalized spacial score (nSPS) is 20.5. The summed E-state index contributed by atoms with van der Waals surface area (Å²) in [7, 11) is 0. The molecule has 9 heteroatoms. The van der Waals surface area contributed by atoms with Gasteiger partial charge in [-0.25, -0.2) is 0 Å². The Kier molecular flexibility index (Phi) is 5.53. The average molecular weight is 396 g/mol. The van der Waals surface area contributed by atoms with Gasteiger partial charge in [0.05, 0.1) is 5.56 Å². The number of carbonyl (C=O) groups excluding carboxylic acids is 1. The molecule has 2 atom stereocenters. The maximum Gasteiger partial charge on any atom is 0.416 e. The number of amides is 1. The van der Waals surface area contributed by atoms with Crippen LogP contribution in [0, 0.1) is 12.5 Å². The third-order valence-electron chi connectivity index (χ3n) is 4.68. The van der Waals surface area contributed by atoms with Crippen molar-refractivity contribution in [1.82, 2.24) is 5.32 Å².